The van der Waals surface area contributed by atoms with Gasteiger partial charge in [0.25, 0.3) is 11.5 Å². The lowest BCUT2D eigenvalue weighted by Gasteiger charge is -2.17. The molecule has 1 amide bonds. The fourth-order valence-electron chi connectivity index (χ4n) is 2.72. The second-order valence-electron chi connectivity index (χ2n) is 6.39. The van der Waals surface area contributed by atoms with Gasteiger partial charge in [-0.25, -0.2) is 4.68 Å². The largest absolute Gasteiger partial charge is 0.416 e. The summed E-state index contributed by atoms with van der Waals surface area (Å²) >= 11 is 3.00. The summed E-state index contributed by atoms with van der Waals surface area (Å²) in [5.41, 5.74) is -0.351. The molecule has 0 aliphatic rings. The molecule has 2 aromatic heterocycles. The molecule has 0 bridgehead atoms. The molecule has 11 heteroatoms. The molecule has 0 saturated carbocycles. The lowest BCUT2D eigenvalue weighted by atomic mass is 10.1. The number of alkyl halides is 3. The number of nitrogens with one attached hydrogen (secondary N) is 1. The van der Waals surface area contributed by atoms with E-state index in [1.165, 1.54) is 37.6 Å². The number of hydrogen-bond donors (Lipinski definition) is 1. The predicted molar refractivity (Wildman–Crippen MR) is 106 cm³/mol. The Kier molecular flexibility index (Phi) is 6.01. The third kappa shape index (κ3) is 4.73. The Morgan fingerprint density at radius 1 is 1.17 bits per heavy atom. The Balaban J connectivity index is 1.91. The average molecular weight is 482 g/mol. The highest BCUT2D eigenvalue weighted by Crippen LogP contribution is 2.32. The quantitative estimate of drug-likeness (QED) is 0.615. The van der Waals surface area contributed by atoms with Crippen molar-refractivity contribution in [1.29, 1.82) is 0 Å². The Bertz CT molecular complexity index is 1160. The maximum Gasteiger partial charge on any atom is 0.416 e. The van der Waals surface area contributed by atoms with Crippen molar-refractivity contribution in [2.45, 2.75) is 19.1 Å². The van der Waals surface area contributed by atoms with Gasteiger partial charge >= 0.3 is 6.18 Å². The molecule has 1 unspecified atom stereocenters. The van der Waals surface area contributed by atoms with E-state index in [4.69, 9.17) is 0 Å². The number of aryl methyl sites for hydroxylation is 1. The molecule has 2 heterocycles. The summed E-state index contributed by atoms with van der Waals surface area (Å²) in [4.78, 5) is 32.6. The standard InChI is InChI=1S/C19H15BrF3N5O2/c1-10(26-18(30)11-7-12(19(21,22)23)9-13(20)8-11)16-17(25-6-5-24-16)14-3-4-15(29)28(2)27-14/h3-10H,1-2H3,(H,26,30). The highest BCUT2D eigenvalue weighted by molar-refractivity contribution is 9.10. The van der Waals surface area contributed by atoms with Crippen molar-refractivity contribution >= 4 is 21.8 Å². The summed E-state index contributed by atoms with van der Waals surface area (Å²) in [6.45, 7) is 1.62. The Labute approximate surface area is 177 Å². The molecule has 0 spiro atoms. The Morgan fingerprint density at radius 2 is 1.87 bits per heavy atom. The monoisotopic (exact) mass is 481 g/mol. The van der Waals surface area contributed by atoms with E-state index in [-0.39, 0.29) is 15.6 Å². The van der Waals surface area contributed by atoms with Gasteiger partial charge in [-0.3, -0.25) is 19.6 Å². The first kappa shape index (κ1) is 21.6. The van der Waals surface area contributed by atoms with E-state index in [1.54, 1.807) is 6.92 Å². The lowest BCUT2D eigenvalue weighted by molar-refractivity contribution is -0.137. The topological polar surface area (TPSA) is 89.8 Å². The van der Waals surface area contributed by atoms with Crippen molar-refractivity contribution in [1.82, 2.24) is 25.1 Å². The summed E-state index contributed by atoms with van der Waals surface area (Å²) in [5.74, 6) is -0.709. The zero-order valence-electron chi connectivity index (χ0n) is 15.7. The number of benzene rings is 1. The molecule has 3 rings (SSSR count). The second-order valence-corrected chi connectivity index (χ2v) is 7.31. The van der Waals surface area contributed by atoms with Gasteiger partial charge in [-0.1, -0.05) is 15.9 Å². The molecule has 30 heavy (non-hydrogen) atoms. The lowest BCUT2D eigenvalue weighted by Crippen LogP contribution is -2.28. The maximum atomic E-state index is 13.0. The van der Waals surface area contributed by atoms with Gasteiger partial charge in [0.15, 0.2) is 0 Å². The fourth-order valence-corrected chi connectivity index (χ4v) is 3.22. The molecule has 0 saturated heterocycles. The zero-order chi connectivity index (χ0) is 22.1. The minimum absolute atomic E-state index is 0.129. The molecule has 1 atom stereocenters. The van der Waals surface area contributed by atoms with Gasteiger partial charge in [0.1, 0.15) is 11.4 Å². The highest BCUT2D eigenvalue weighted by Gasteiger charge is 2.32. The van der Waals surface area contributed by atoms with E-state index in [9.17, 15) is 22.8 Å². The van der Waals surface area contributed by atoms with E-state index in [1.807, 2.05) is 0 Å². The van der Waals surface area contributed by atoms with Crippen LogP contribution in [0, 0.1) is 0 Å². The van der Waals surface area contributed by atoms with Crippen LogP contribution < -0.4 is 10.9 Å². The van der Waals surface area contributed by atoms with E-state index >= 15 is 0 Å². The van der Waals surface area contributed by atoms with Crippen molar-refractivity contribution in [2.24, 2.45) is 7.05 Å². The summed E-state index contributed by atoms with van der Waals surface area (Å²) in [6, 6.07) is 5.07. The van der Waals surface area contributed by atoms with Crippen molar-refractivity contribution in [2.75, 3.05) is 0 Å². The minimum Gasteiger partial charge on any atom is -0.344 e. The van der Waals surface area contributed by atoms with Crippen LogP contribution in [0.5, 0.6) is 0 Å². The van der Waals surface area contributed by atoms with Crippen molar-refractivity contribution in [3.05, 3.63) is 74.4 Å². The number of halogens is 4. The molecule has 0 aliphatic heterocycles. The van der Waals surface area contributed by atoms with Gasteiger partial charge in [-0.05, 0) is 31.2 Å². The first-order valence-electron chi connectivity index (χ1n) is 8.60. The van der Waals surface area contributed by atoms with Crippen molar-refractivity contribution in [3.63, 3.8) is 0 Å². The second kappa shape index (κ2) is 8.34. The third-order valence-electron chi connectivity index (χ3n) is 4.17. The number of carbonyl (C=O) groups is 1. The van der Waals surface area contributed by atoms with Gasteiger partial charge in [-0.15, -0.1) is 0 Å². The van der Waals surface area contributed by atoms with Crippen molar-refractivity contribution in [3.8, 4) is 11.4 Å². The maximum absolute atomic E-state index is 13.0. The molecular weight excluding hydrogens is 467 g/mol. The average Bonchev–Trinajstić information content (AvgIpc) is 2.69. The SMILES string of the molecule is CC(NC(=O)c1cc(Br)cc(C(F)(F)F)c1)c1nccnc1-c1ccc(=O)n(C)n1. The number of amides is 1. The highest BCUT2D eigenvalue weighted by atomic mass is 79.9. The number of nitrogens with zero attached hydrogens (tertiary/aromatic N) is 4. The number of hydrogen-bond acceptors (Lipinski definition) is 5. The van der Waals surface area contributed by atoms with E-state index < -0.39 is 23.7 Å². The van der Waals surface area contributed by atoms with Crippen LogP contribution in [0.4, 0.5) is 13.2 Å². The Hall–Kier alpha value is -3.08. The van der Waals surface area contributed by atoms with Crippen LogP contribution >= 0.6 is 15.9 Å². The van der Waals surface area contributed by atoms with Crippen LogP contribution in [-0.4, -0.2) is 25.7 Å². The summed E-state index contributed by atoms with van der Waals surface area (Å²) < 4.78 is 40.4. The molecule has 0 fully saturated rings. The molecule has 0 radical (unpaired) electrons. The predicted octanol–water partition coefficient (Wildman–Crippen LogP) is 3.51. The number of rotatable bonds is 4. The first-order valence-corrected chi connectivity index (χ1v) is 9.40. The van der Waals surface area contributed by atoms with Gasteiger partial charge in [0, 0.05) is 35.5 Å². The summed E-state index contributed by atoms with van der Waals surface area (Å²) in [7, 11) is 1.48. The molecule has 7 nitrogen and oxygen atoms in total. The van der Waals surface area contributed by atoms with Crippen LogP contribution in [-0.2, 0) is 13.2 Å². The smallest absolute Gasteiger partial charge is 0.344 e. The molecule has 1 aromatic carbocycles. The van der Waals surface area contributed by atoms with Crippen molar-refractivity contribution < 1.29 is 18.0 Å². The van der Waals surface area contributed by atoms with Crippen LogP contribution in [0.1, 0.15) is 34.6 Å². The van der Waals surface area contributed by atoms with E-state index in [0.717, 1.165) is 16.8 Å². The molecular formula is C19H15BrF3N5O2. The van der Waals surface area contributed by atoms with Crippen LogP contribution in [0.2, 0.25) is 0 Å². The third-order valence-corrected chi connectivity index (χ3v) is 4.63. The van der Waals surface area contributed by atoms with Gasteiger partial charge < -0.3 is 5.32 Å². The van der Waals surface area contributed by atoms with Crippen LogP contribution in [0.25, 0.3) is 11.4 Å². The zero-order valence-corrected chi connectivity index (χ0v) is 17.3. The van der Waals surface area contributed by atoms with E-state index in [0.29, 0.717) is 17.1 Å². The molecule has 1 N–H and O–H groups in total. The van der Waals surface area contributed by atoms with Gasteiger partial charge in [0.2, 0.25) is 0 Å². The number of carbonyl (C=O) groups excluding carboxylic acids is 1. The fraction of sp³-hybridized carbons (Fsp3) is 0.211. The number of aromatic nitrogens is 4. The molecule has 0 aliphatic carbocycles. The normalized spacial score (nSPS) is 12.5. The van der Waals surface area contributed by atoms with Gasteiger partial charge in [-0.2, -0.15) is 18.3 Å². The van der Waals surface area contributed by atoms with Gasteiger partial charge in [0.05, 0.1) is 17.3 Å². The summed E-state index contributed by atoms with van der Waals surface area (Å²) in [6.07, 6.45) is -1.73. The molecule has 156 valence electrons. The van der Waals surface area contributed by atoms with Crippen LogP contribution in [0.3, 0.4) is 0 Å². The van der Waals surface area contributed by atoms with E-state index in [2.05, 4.69) is 36.3 Å². The molecule has 3 aromatic rings. The van der Waals surface area contributed by atoms with Crippen LogP contribution in [0.15, 0.2) is 52.0 Å². The minimum atomic E-state index is -4.59. The first-order chi connectivity index (χ1) is 14.1. The summed E-state index contributed by atoms with van der Waals surface area (Å²) in [5, 5.41) is 6.76. The Morgan fingerprint density at radius 3 is 2.53 bits per heavy atom.